The summed E-state index contributed by atoms with van der Waals surface area (Å²) in [6, 6.07) is 6.48. The van der Waals surface area contributed by atoms with E-state index >= 15 is 0 Å². The van der Waals surface area contributed by atoms with Crippen LogP contribution in [0.25, 0.3) is 5.76 Å². The van der Waals surface area contributed by atoms with E-state index in [0.29, 0.717) is 30.9 Å². The molecule has 1 atom stereocenters. The van der Waals surface area contributed by atoms with Crippen molar-refractivity contribution in [2.75, 3.05) is 41.1 Å². The Kier molecular flexibility index (Phi) is 8.48. The molecule has 1 fully saturated rings. The number of carbonyl (C=O) groups is 2. The van der Waals surface area contributed by atoms with E-state index in [1.54, 1.807) is 26.2 Å². The molecule has 1 aliphatic heterocycles. The van der Waals surface area contributed by atoms with Crippen molar-refractivity contribution in [3.05, 3.63) is 52.1 Å². The van der Waals surface area contributed by atoms with Gasteiger partial charge in [0.1, 0.15) is 17.3 Å². The van der Waals surface area contributed by atoms with Gasteiger partial charge in [-0.3, -0.25) is 9.59 Å². The molecule has 0 aromatic heterocycles. The maximum Gasteiger partial charge on any atom is 0.295 e. The molecule has 9 nitrogen and oxygen atoms in total. The highest BCUT2D eigenvalue weighted by molar-refractivity contribution is 6.46. The lowest BCUT2D eigenvalue weighted by molar-refractivity contribution is -0.140. The van der Waals surface area contributed by atoms with E-state index < -0.39 is 23.5 Å². The molecule has 2 aromatic rings. The second-order valence-corrected chi connectivity index (χ2v) is 8.09. The Balaban J connectivity index is 2.24. The number of hydrogen-bond acceptors (Lipinski definition) is 8. The van der Waals surface area contributed by atoms with Crippen molar-refractivity contribution in [1.82, 2.24) is 4.90 Å². The molecule has 0 aliphatic carbocycles. The summed E-state index contributed by atoms with van der Waals surface area (Å²) in [5.74, 6) is -1.45. The zero-order valence-corrected chi connectivity index (χ0v) is 20.7. The van der Waals surface area contributed by atoms with Gasteiger partial charge in [-0.15, -0.1) is 0 Å². The van der Waals surface area contributed by atoms with Crippen LogP contribution in [0.5, 0.6) is 23.0 Å². The third-order valence-electron chi connectivity index (χ3n) is 5.62. The smallest absolute Gasteiger partial charge is 0.295 e. The van der Waals surface area contributed by atoms with Gasteiger partial charge in [-0.1, -0.05) is 17.7 Å². The zero-order valence-electron chi connectivity index (χ0n) is 20.0. The van der Waals surface area contributed by atoms with Crippen molar-refractivity contribution in [3.63, 3.8) is 0 Å². The SMILES string of the molecule is CCOc1cc(C2/C(=C(\O)c3cc(Cl)c(OC)cc3OC)C(=O)C(=O)N2CCCOC)ccc1O. The summed E-state index contributed by atoms with van der Waals surface area (Å²) in [4.78, 5) is 27.6. The van der Waals surface area contributed by atoms with E-state index in [-0.39, 0.29) is 40.0 Å². The molecule has 1 saturated heterocycles. The Bertz CT molecular complexity index is 1150. The Hall–Kier alpha value is -3.43. The van der Waals surface area contributed by atoms with Gasteiger partial charge in [0.15, 0.2) is 11.5 Å². The second kappa shape index (κ2) is 11.3. The lowest BCUT2D eigenvalue weighted by atomic mass is 9.94. The number of aromatic hydroxyl groups is 1. The van der Waals surface area contributed by atoms with Crippen molar-refractivity contribution in [1.29, 1.82) is 0 Å². The molecule has 3 rings (SSSR count). The third-order valence-corrected chi connectivity index (χ3v) is 5.91. The van der Waals surface area contributed by atoms with Gasteiger partial charge in [-0.25, -0.2) is 0 Å². The molecule has 2 N–H and O–H groups in total. The summed E-state index contributed by atoms with van der Waals surface area (Å²) in [6.45, 7) is 2.64. The summed E-state index contributed by atoms with van der Waals surface area (Å²) < 4.78 is 21.2. The lowest BCUT2D eigenvalue weighted by Crippen LogP contribution is -2.31. The fourth-order valence-corrected chi connectivity index (χ4v) is 4.24. The molecule has 0 radical (unpaired) electrons. The molecule has 1 heterocycles. The highest BCUT2D eigenvalue weighted by atomic mass is 35.5. The van der Waals surface area contributed by atoms with E-state index in [1.807, 2.05) is 0 Å². The number of methoxy groups -OCH3 is 3. The van der Waals surface area contributed by atoms with Crippen LogP contribution in [0.15, 0.2) is 35.9 Å². The van der Waals surface area contributed by atoms with Crippen molar-refractivity contribution < 1.29 is 38.7 Å². The van der Waals surface area contributed by atoms with Gasteiger partial charge in [-0.05, 0) is 37.1 Å². The quantitative estimate of drug-likeness (QED) is 0.216. The monoisotopic (exact) mass is 505 g/mol. The molecule has 0 bridgehead atoms. The van der Waals surface area contributed by atoms with Crippen LogP contribution in [0.1, 0.15) is 30.5 Å². The second-order valence-electron chi connectivity index (χ2n) is 7.69. The summed E-state index contributed by atoms with van der Waals surface area (Å²) in [7, 11) is 4.38. The highest BCUT2D eigenvalue weighted by Crippen LogP contribution is 2.44. The number of benzene rings is 2. The fourth-order valence-electron chi connectivity index (χ4n) is 4.00. The predicted molar refractivity (Wildman–Crippen MR) is 129 cm³/mol. The van der Waals surface area contributed by atoms with Crippen molar-refractivity contribution >= 4 is 29.1 Å². The number of phenols is 1. The first-order chi connectivity index (χ1) is 16.8. The number of aliphatic hydroxyl groups excluding tert-OH is 1. The molecule has 1 aliphatic rings. The largest absolute Gasteiger partial charge is 0.507 e. The number of amides is 1. The summed E-state index contributed by atoms with van der Waals surface area (Å²) in [6.07, 6.45) is 0.466. The molecule has 0 spiro atoms. The molecule has 2 aromatic carbocycles. The number of likely N-dealkylation sites (tertiary alicyclic amines) is 1. The van der Waals surface area contributed by atoms with Gasteiger partial charge in [0.25, 0.3) is 11.7 Å². The van der Waals surface area contributed by atoms with Gasteiger partial charge < -0.3 is 34.1 Å². The Morgan fingerprint density at radius 3 is 2.40 bits per heavy atom. The zero-order chi connectivity index (χ0) is 25.7. The molecule has 188 valence electrons. The summed E-state index contributed by atoms with van der Waals surface area (Å²) in [5, 5.41) is 21.7. The number of Topliss-reactive ketones (excluding diaryl/α,β-unsaturated/α-hetero) is 1. The van der Waals surface area contributed by atoms with Gasteiger partial charge in [0.2, 0.25) is 0 Å². The fraction of sp³-hybridized carbons (Fsp3) is 0.360. The van der Waals surface area contributed by atoms with Crippen LogP contribution in [0.3, 0.4) is 0 Å². The summed E-state index contributed by atoms with van der Waals surface area (Å²) in [5.41, 5.74) is 0.463. The Labute approximate surface area is 208 Å². The minimum atomic E-state index is -0.947. The molecule has 0 saturated carbocycles. The first-order valence-electron chi connectivity index (χ1n) is 10.9. The number of aliphatic hydroxyl groups is 1. The van der Waals surface area contributed by atoms with Crippen LogP contribution in [-0.2, 0) is 14.3 Å². The van der Waals surface area contributed by atoms with Crippen LogP contribution in [0, 0.1) is 0 Å². The van der Waals surface area contributed by atoms with Crippen molar-refractivity contribution in [2.45, 2.75) is 19.4 Å². The normalized spacial score (nSPS) is 17.1. The van der Waals surface area contributed by atoms with Crippen molar-refractivity contribution in [3.8, 4) is 23.0 Å². The molecular formula is C25H28ClNO8. The maximum absolute atomic E-state index is 13.2. The highest BCUT2D eigenvalue weighted by Gasteiger charge is 2.46. The number of nitrogens with zero attached hydrogens (tertiary/aromatic N) is 1. The number of carbonyl (C=O) groups excluding carboxylic acids is 2. The molecule has 1 amide bonds. The van der Waals surface area contributed by atoms with Crippen LogP contribution >= 0.6 is 11.6 Å². The number of rotatable bonds is 10. The minimum absolute atomic E-state index is 0.0875. The van der Waals surface area contributed by atoms with E-state index in [9.17, 15) is 19.8 Å². The molecule has 1 unspecified atom stereocenters. The standard InChI is InChI=1S/C25H28ClNO8/c1-5-35-20-11-14(7-8-17(20)28)22-21(24(30)25(31)27(22)9-6-10-32-2)23(29)15-12-16(26)19(34-4)13-18(15)33-3/h7-8,11-13,22,28-29H,5-6,9-10H2,1-4H3/b23-21+. The van der Waals surface area contributed by atoms with Crippen molar-refractivity contribution in [2.24, 2.45) is 0 Å². The number of phenolic OH excluding ortho intramolecular Hbond substituents is 1. The Morgan fingerprint density at radius 1 is 1.06 bits per heavy atom. The van der Waals surface area contributed by atoms with Gasteiger partial charge in [-0.2, -0.15) is 0 Å². The number of hydrogen-bond donors (Lipinski definition) is 2. The van der Waals surface area contributed by atoms with Gasteiger partial charge >= 0.3 is 0 Å². The molecule has 10 heteroatoms. The van der Waals surface area contributed by atoms with E-state index in [2.05, 4.69) is 0 Å². The topological polar surface area (TPSA) is 115 Å². The minimum Gasteiger partial charge on any atom is -0.507 e. The van der Waals surface area contributed by atoms with E-state index in [0.717, 1.165) is 0 Å². The molecular weight excluding hydrogens is 478 g/mol. The number of ether oxygens (including phenoxy) is 4. The van der Waals surface area contributed by atoms with Gasteiger partial charge in [0, 0.05) is 26.3 Å². The third kappa shape index (κ3) is 5.16. The van der Waals surface area contributed by atoms with Gasteiger partial charge in [0.05, 0.1) is 43.0 Å². The lowest BCUT2D eigenvalue weighted by Gasteiger charge is -2.26. The maximum atomic E-state index is 13.2. The van der Waals surface area contributed by atoms with Crippen LogP contribution < -0.4 is 14.2 Å². The van der Waals surface area contributed by atoms with Crippen LogP contribution in [-0.4, -0.2) is 67.9 Å². The molecule has 35 heavy (non-hydrogen) atoms. The van der Waals surface area contributed by atoms with Crippen LogP contribution in [0.4, 0.5) is 0 Å². The number of halogens is 1. The van der Waals surface area contributed by atoms with E-state index in [4.69, 9.17) is 30.5 Å². The number of ketones is 1. The first-order valence-corrected chi connectivity index (χ1v) is 11.3. The van der Waals surface area contributed by atoms with Crippen LogP contribution in [0.2, 0.25) is 5.02 Å². The van der Waals surface area contributed by atoms with E-state index in [1.165, 1.54) is 37.3 Å². The average molecular weight is 506 g/mol. The summed E-state index contributed by atoms with van der Waals surface area (Å²) >= 11 is 6.28. The first kappa shape index (κ1) is 26.2. The Morgan fingerprint density at radius 2 is 1.77 bits per heavy atom. The average Bonchev–Trinajstić information content (AvgIpc) is 3.10. The predicted octanol–water partition coefficient (Wildman–Crippen LogP) is 3.92.